The lowest BCUT2D eigenvalue weighted by Gasteiger charge is -2.00. The molecule has 0 bridgehead atoms. The lowest BCUT2D eigenvalue weighted by molar-refractivity contribution is -0.118. The van der Waals surface area contributed by atoms with Crippen molar-refractivity contribution in [2.24, 2.45) is 0 Å². The average Bonchev–Trinajstić information content (AvgIpc) is 2.67. The molecule has 1 N–H and O–H groups in total. The van der Waals surface area contributed by atoms with E-state index in [2.05, 4.69) is 11.9 Å². The van der Waals surface area contributed by atoms with Gasteiger partial charge in [-0.05, 0) is 12.1 Å². The number of amides is 1. The third-order valence-electron chi connectivity index (χ3n) is 1.50. The molecule has 0 aliphatic heterocycles. The van der Waals surface area contributed by atoms with Crippen molar-refractivity contribution in [2.45, 2.75) is 5.75 Å². The topological polar surface area (TPSA) is 42.2 Å². The standard InChI is InChI=1S/C10H13NO2S/c1-2-5-11-10(12)8-14-7-9-4-3-6-13-9/h2-4,6H,1,5,7-8H2,(H,11,12). The normalized spacial score (nSPS) is 9.71. The number of hydrogen-bond donors (Lipinski definition) is 1. The van der Waals surface area contributed by atoms with Crippen LogP contribution in [0, 0.1) is 0 Å². The summed E-state index contributed by atoms with van der Waals surface area (Å²) in [4.78, 5) is 11.1. The highest BCUT2D eigenvalue weighted by atomic mass is 32.2. The molecule has 0 saturated heterocycles. The van der Waals surface area contributed by atoms with Crippen LogP contribution in [0.5, 0.6) is 0 Å². The van der Waals surface area contributed by atoms with E-state index in [4.69, 9.17) is 4.42 Å². The van der Waals surface area contributed by atoms with Crippen LogP contribution in [-0.4, -0.2) is 18.2 Å². The van der Waals surface area contributed by atoms with Crippen molar-refractivity contribution in [1.82, 2.24) is 5.32 Å². The Hall–Kier alpha value is -1.16. The van der Waals surface area contributed by atoms with Gasteiger partial charge in [0.15, 0.2) is 0 Å². The van der Waals surface area contributed by atoms with Crippen LogP contribution in [0.4, 0.5) is 0 Å². The minimum atomic E-state index is 0.0291. The highest BCUT2D eigenvalue weighted by Gasteiger charge is 2.01. The molecule has 0 fully saturated rings. The number of carbonyl (C=O) groups is 1. The Bertz CT molecular complexity index is 282. The molecule has 1 rings (SSSR count). The molecule has 1 heterocycles. The Morgan fingerprint density at radius 2 is 2.57 bits per heavy atom. The molecule has 0 spiro atoms. The molecule has 14 heavy (non-hydrogen) atoms. The van der Waals surface area contributed by atoms with Crippen LogP contribution < -0.4 is 5.32 Å². The van der Waals surface area contributed by atoms with Crippen LogP contribution in [0.3, 0.4) is 0 Å². The largest absolute Gasteiger partial charge is 0.468 e. The van der Waals surface area contributed by atoms with Crippen LogP contribution in [0.2, 0.25) is 0 Å². The molecule has 76 valence electrons. The zero-order valence-corrected chi connectivity index (χ0v) is 8.68. The van der Waals surface area contributed by atoms with Gasteiger partial charge in [-0.1, -0.05) is 6.08 Å². The van der Waals surface area contributed by atoms with E-state index in [-0.39, 0.29) is 5.91 Å². The first kappa shape index (κ1) is 10.9. The molecule has 0 aliphatic carbocycles. The summed E-state index contributed by atoms with van der Waals surface area (Å²) in [5.41, 5.74) is 0. The van der Waals surface area contributed by atoms with Crippen LogP contribution in [0.1, 0.15) is 5.76 Å². The summed E-state index contributed by atoms with van der Waals surface area (Å²) >= 11 is 1.53. The Morgan fingerprint density at radius 1 is 1.71 bits per heavy atom. The van der Waals surface area contributed by atoms with E-state index in [1.165, 1.54) is 11.8 Å². The molecule has 1 aromatic rings. The molecular weight excluding hydrogens is 198 g/mol. The van der Waals surface area contributed by atoms with E-state index in [0.29, 0.717) is 12.3 Å². The van der Waals surface area contributed by atoms with Crippen molar-refractivity contribution in [3.8, 4) is 0 Å². The van der Waals surface area contributed by atoms with Gasteiger partial charge < -0.3 is 9.73 Å². The average molecular weight is 211 g/mol. The van der Waals surface area contributed by atoms with E-state index in [0.717, 1.165) is 11.5 Å². The maximum atomic E-state index is 11.1. The van der Waals surface area contributed by atoms with Gasteiger partial charge in [0.05, 0.1) is 17.8 Å². The van der Waals surface area contributed by atoms with E-state index in [1.807, 2.05) is 12.1 Å². The molecular formula is C10H13NO2S. The summed E-state index contributed by atoms with van der Waals surface area (Å²) in [6.45, 7) is 4.04. The van der Waals surface area contributed by atoms with Gasteiger partial charge in [0, 0.05) is 6.54 Å². The lowest BCUT2D eigenvalue weighted by Crippen LogP contribution is -2.24. The second-order valence-electron chi connectivity index (χ2n) is 2.66. The van der Waals surface area contributed by atoms with Crippen molar-refractivity contribution >= 4 is 17.7 Å². The van der Waals surface area contributed by atoms with Crippen molar-refractivity contribution in [3.63, 3.8) is 0 Å². The van der Waals surface area contributed by atoms with Crippen molar-refractivity contribution < 1.29 is 9.21 Å². The van der Waals surface area contributed by atoms with Crippen LogP contribution in [0.25, 0.3) is 0 Å². The Balaban J connectivity index is 2.09. The summed E-state index contributed by atoms with van der Waals surface area (Å²) in [5, 5.41) is 2.70. The zero-order valence-electron chi connectivity index (χ0n) is 7.86. The van der Waals surface area contributed by atoms with Gasteiger partial charge in [-0.25, -0.2) is 0 Å². The van der Waals surface area contributed by atoms with E-state index < -0.39 is 0 Å². The zero-order chi connectivity index (χ0) is 10.2. The Kier molecular flexibility index (Phi) is 4.93. The quantitative estimate of drug-likeness (QED) is 0.730. The summed E-state index contributed by atoms with van der Waals surface area (Å²) in [6.07, 6.45) is 3.29. The highest BCUT2D eigenvalue weighted by molar-refractivity contribution is 7.99. The molecule has 0 saturated carbocycles. The molecule has 0 radical (unpaired) electrons. The number of hydrogen-bond acceptors (Lipinski definition) is 3. The molecule has 0 atom stereocenters. The molecule has 1 amide bonds. The second kappa shape index (κ2) is 6.32. The van der Waals surface area contributed by atoms with Crippen LogP contribution >= 0.6 is 11.8 Å². The summed E-state index contributed by atoms with van der Waals surface area (Å²) < 4.78 is 5.13. The molecule has 0 unspecified atom stereocenters. The monoisotopic (exact) mass is 211 g/mol. The number of furan rings is 1. The first-order chi connectivity index (χ1) is 6.83. The third kappa shape index (κ3) is 4.18. The highest BCUT2D eigenvalue weighted by Crippen LogP contribution is 2.11. The smallest absolute Gasteiger partial charge is 0.230 e. The predicted molar refractivity (Wildman–Crippen MR) is 58.1 cm³/mol. The third-order valence-corrected chi connectivity index (χ3v) is 2.46. The molecule has 4 heteroatoms. The minimum Gasteiger partial charge on any atom is -0.468 e. The fourth-order valence-electron chi connectivity index (χ4n) is 0.876. The predicted octanol–water partition coefficient (Wildman–Crippen LogP) is 1.81. The fourth-order valence-corrected chi connectivity index (χ4v) is 1.63. The van der Waals surface area contributed by atoms with Crippen LogP contribution in [-0.2, 0) is 10.5 Å². The maximum Gasteiger partial charge on any atom is 0.230 e. The molecule has 0 aromatic carbocycles. The van der Waals surface area contributed by atoms with Crippen molar-refractivity contribution in [2.75, 3.05) is 12.3 Å². The SMILES string of the molecule is C=CCNC(=O)CSCc1ccco1. The maximum absolute atomic E-state index is 11.1. The fraction of sp³-hybridized carbons (Fsp3) is 0.300. The van der Waals surface area contributed by atoms with Crippen LogP contribution in [0.15, 0.2) is 35.5 Å². The lowest BCUT2D eigenvalue weighted by atomic mass is 10.5. The van der Waals surface area contributed by atoms with E-state index in [1.54, 1.807) is 12.3 Å². The summed E-state index contributed by atoms with van der Waals surface area (Å²) in [7, 11) is 0. The van der Waals surface area contributed by atoms with Gasteiger partial charge in [-0.3, -0.25) is 4.79 Å². The second-order valence-corrected chi connectivity index (χ2v) is 3.65. The number of carbonyl (C=O) groups excluding carboxylic acids is 1. The van der Waals surface area contributed by atoms with Gasteiger partial charge >= 0.3 is 0 Å². The van der Waals surface area contributed by atoms with Gasteiger partial charge in [0.2, 0.25) is 5.91 Å². The van der Waals surface area contributed by atoms with Gasteiger partial charge in [0.1, 0.15) is 5.76 Å². The summed E-state index contributed by atoms with van der Waals surface area (Å²) in [6, 6.07) is 3.74. The molecule has 1 aromatic heterocycles. The number of thioether (sulfide) groups is 1. The first-order valence-electron chi connectivity index (χ1n) is 4.30. The Labute approximate surface area is 87.6 Å². The number of nitrogens with one attached hydrogen (secondary N) is 1. The van der Waals surface area contributed by atoms with E-state index >= 15 is 0 Å². The molecule has 3 nitrogen and oxygen atoms in total. The van der Waals surface area contributed by atoms with Crippen molar-refractivity contribution in [1.29, 1.82) is 0 Å². The van der Waals surface area contributed by atoms with Gasteiger partial charge in [-0.15, -0.1) is 18.3 Å². The van der Waals surface area contributed by atoms with E-state index in [9.17, 15) is 4.79 Å². The first-order valence-corrected chi connectivity index (χ1v) is 5.46. The van der Waals surface area contributed by atoms with Gasteiger partial charge in [-0.2, -0.15) is 0 Å². The summed E-state index contributed by atoms with van der Waals surface area (Å²) in [5.74, 6) is 2.11. The number of rotatable bonds is 6. The minimum absolute atomic E-state index is 0.0291. The van der Waals surface area contributed by atoms with Gasteiger partial charge in [0.25, 0.3) is 0 Å². The van der Waals surface area contributed by atoms with Crippen molar-refractivity contribution in [3.05, 3.63) is 36.8 Å². The molecule has 0 aliphatic rings. The Morgan fingerprint density at radius 3 is 3.21 bits per heavy atom.